The Hall–Kier alpha value is -2.07. The molecule has 1 fully saturated rings. The molecule has 130 valence electrons. The highest BCUT2D eigenvalue weighted by molar-refractivity contribution is 7.92. The summed E-state index contributed by atoms with van der Waals surface area (Å²) in [4.78, 5) is -0.464. The summed E-state index contributed by atoms with van der Waals surface area (Å²) in [6.07, 6.45) is -1.05. The number of aromatic nitrogens is 2. The van der Waals surface area contributed by atoms with Gasteiger partial charge in [0, 0.05) is 12.8 Å². The second kappa shape index (κ2) is 6.10. The summed E-state index contributed by atoms with van der Waals surface area (Å²) in [6.45, 7) is 1.09. The zero-order valence-corrected chi connectivity index (χ0v) is 13.1. The van der Waals surface area contributed by atoms with E-state index < -0.39 is 26.7 Å². The van der Waals surface area contributed by atoms with Crippen molar-refractivity contribution in [2.75, 3.05) is 17.9 Å². The van der Waals surface area contributed by atoms with E-state index in [1.165, 1.54) is 12.4 Å². The first-order valence-electron chi connectivity index (χ1n) is 7.08. The number of nitrogens with zero attached hydrogens (tertiary/aromatic N) is 2. The van der Waals surface area contributed by atoms with Crippen molar-refractivity contribution < 1.29 is 26.3 Å². The SMILES string of the molecule is O=S(=O)(Nc1cnn([C@@H]2CCOC2)c1)c1cccc(C(F)(F)F)c1. The van der Waals surface area contributed by atoms with Crippen LogP contribution in [0.1, 0.15) is 18.0 Å². The Morgan fingerprint density at radius 2 is 2.12 bits per heavy atom. The van der Waals surface area contributed by atoms with Crippen LogP contribution in [-0.4, -0.2) is 31.4 Å². The van der Waals surface area contributed by atoms with Gasteiger partial charge in [0.2, 0.25) is 0 Å². The Kier molecular flexibility index (Phi) is 4.26. The molecule has 1 N–H and O–H groups in total. The van der Waals surface area contributed by atoms with E-state index in [9.17, 15) is 21.6 Å². The third-order valence-corrected chi connectivity index (χ3v) is 4.98. The van der Waals surface area contributed by atoms with Crippen molar-refractivity contribution in [3.63, 3.8) is 0 Å². The maximum Gasteiger partial charge on any atom is 0.416 e. The normalized spacial score (nSPS) is 18.7. The first-order valence-corrected chi connectivity index (χ1v) is 8.56. The van der Waals surface area contributed by atoms with Gasteiger partial charge in [-0.2, -0.15) is 18.3 Å². The van der Waals surface area contributed by atoms with E-state index in [2.05, 4.69) is 9.82 Å². The molecule has 3 rings (SSSR count). The zero-order chi connectivity index (χ0) is 17.4. The summed E-state index contributed by atoms with van der Waals surface area (Å²) in [6, 6.07) is 3.59. The minimum absolute atomic E-state index is 0.0248. The van der Waals surface area contributed by atoms with E-state index in [0.717, 1.165) is 24.6 Å². The van der Waals surface area contributed by atoms with Crippen LogP contribution in [0.4, 0.5) is 18.9 Å². The van der Waals surface area contributed by atoms with Crippen molar-refractivity contribution in [1.82, 2.24) is 9.78 Å². The molecule has 0 bridgehead atoms. The smallest absolute Gasteiger partial charge is 0.379 e. The van der Waals surface area contributed by atoms with Gasteiger partial charge in [0.15, 0.2) is 0 Å². The molecular formula is C14H14F3N3O3S. The van der Waals surface area contributed by atoms with Crippen molar-refractivity contribution in [3.8, 4) is 0 Å². The lowest BCUT2D eigenvalue weighted by Gasteiger charge is -2.10. The van der Waals surface area contributed by atoms with E-state index in [1.807, 2.05) is 0 Å². The van der Waals surface area contributed by atoms with Crippen molar-refractivity contribution in [2.45, 2.75) is 23.5 Å². The van der Waals surface area contributed by atoms with Crippen LogP contribution in [0.2, 0.25) is 0 Å². The van der Waals surface area contributed by atoms with Crippen LogP contribution in [-0.2, 0) is 20.9 Å². The van der Waals surface area contributed by atoms with Gasteiger partial charge in [-0.1, -0.05) is 6.07 Å². The van der Waals surface area contributed by atoms with Gasteiger partial charge in [-0.05, 0) is 24.6 Å². The van der Waals surface area contributed by atoms with Gasteiger partial charge >= 0.3 is 6.18 Å². The zero-order valence-electron chi connectivity index (χ0n) is 12.3. The third kappa shape index (κ3) is 3.54. The molecule has 1 atom stereocenters. The number of rotatable bonds is 4. The maximum absolute atomic E-state index is 12.7. The molecule has 24 heavy (non-hydrogen) atoms. The number of hydrogen-bond acceptors (Lipinski definition) is 4. The molecule has 0 spiro atoms. The van der Waals surface area contributed by atoms with Crippen LogP contribution in [0.15, 0.2) is 41.6 Å². The molecule has 1 aliphatic rings. The molecule has 0 aliphatic carbocycles. The minimum atomic E-state index is -4.61. The number of anilines is 1. The van der Waals surface area contributed by atoms with Crippen molar-refractivity contribution in [2.24, 2.45) is 0 Å². The molecule has 1 saturated heterocycles. The first kappa shape index (κ1) is 16.8. The average Bonchev–Trinajstić information content (AvgIpc) is 3.17. The molecule has 0 amide bonds. The predicted octanol–water partition coefficient (Wildman–Crippen LogP) is 2.66. The summed E-state index contributed by atoms with van der Waals surface area (Å²) >= 11 is 0. The summed E-state index contributed by atoms with van der Waals surface area (Å²) < 4.78 is 71.7. The van der Waals surface area contributed by atoms with E-state index in [0.29, 0.717) is 19.3 Å². The van der Waals surface area contributed by atoms with E-state index in [4.69, 9.17) is 4.74 Å². The second-order valence-electron chi connectivity index (χ2n) is 5.36. The summed E-state index contributed by atoms with van der Waals surface area (Å²) in [5.41, 5.74) is -0.844. The number of halogens is 3. The van der Waals surface area contributed by atoms with Gasteiger partial charge in [-0.25, -0.2) is 8.42 Å². The lowest BCUT2D eigenvalue weighted by molar-refractivity contribution is -0.137. The fourth-order valence-corrected chi connectivity index (χ4v) is 3.45. The summed E-state index contributed by atoms with van der Waals surface area (Å²) in [5, 5.41) is 4.06. The highest BCUT2D eigenvalue weighted by Crippen LogP contribution is 2.31. The molecule has 0 unspecified atom stereocenters. The Balaban J connectivity index is 1.81. The molecule has 0 radical (unpaired) electrons. The van der Waals surface area contributed by atoms with Crippen molar-refractivity contribution >= 4 is 15.7 Å². The fraction of sp³-hybridized carbons (Fsp3) is 0.357. The van der Waals surface area contributed by atoms with Gasteiger partial charge in [0.1, 0.15) is 0 Å². The van der Waals surface area contributed by atoms with Gasteiger partial charge < -0.3 is 4.74 Å². The number of alkyl halides is 3. The van der Waals surface area contributed by atoms with Crippen LogP contribution in [0, 0.1) is 0 Å². The topological polar surface area (TPSA) is 73.2 Å². The molecule has 1 aliphatic heterocycles. The maximum atomic E-state index is 12.7. The van der Waals surface area contributed by atoms with Crippen LogP contribution in [0.3, 0.4) is 0 Å². The standard InChI is InChI=1S/C14H14F3N3O3S/c15-14(16,17)10-2-1-3-13(6-10)24(21,22)19-11-7-18-20(8-11)12-4-5-23-9-12/h1-3,6-8,12,19H,4-5,9H2/t12-/m1/s1. The van der Waals surface area contributed by atoms with Crippen LogP contribution in [0.5, 0.6) is 0 Å². The summed E-state index contributed by atoms with van der Waals surface area (Å²) in [5.74, 6) is 0. The number of nitrogens with one attached hydrogen (secondary N) is 1. The second-order valence-corrected chi connectivity index (χ2v) is 7.04. The van der Waals surface area contributed by atoms with Gasteiger partial charge in [0.05, 0.1) is 35.0 Å². The van der Waals surface area contributed by atoms with Gasteiger partial charge in [0.25, 0.3) is 10.0 Å². The Morgan fingerprint density at radius 3 is 2.79 bits per heavy atom. The largest absolute Gasteiger partial charge is 0.416 e. The lowest BCUT2D eigenvalue weighted by Crippen LogP contribution is -2.14. The highest BCUT2D eigenvalue weighted by Gasteiger charge is 2.31. The van der Waals surface area contributed by atoms with E-state index >= 15 is 0 Å². The van der Waals surface area contributed by atoms with Gasteiger partial charge in [-0.3, -0.25) is 9.40 Å². The number of hydrogen-bond donors (Lipinski definition) is 1. The molecule has 1 aromatic heterocycles. The fourth-order valence-electron chi connectivity index (χ4n) is 2.37. The number of benzene rings is 1. The number of sulfonamides is 1. The molecule has 1 aromatic carbocycles. The van der Waals surface area contributed by atoms with Gasteiger partial charge in [-0.15, -0.1) is 0 Å². The van der Waals surface area contributed by atoms with Crippen molar-refractivity contribution in [3.05, 3.63) is 42.2 Å². The van der Waals surface area contributed by atoms with Crippen LogP contribution < -0.4 is 4.72 Å². The van der Waals surface area contributed by atoms with Crippen LogP contribution >= 0.6 is 0 Å². The molecule has 0 saturated carbocycles. The lowest BCUT2D eigenvalue weighted by atomic mass is 10.2. The molecular weight excluding hydrogens is 347 g/mol. The van der Waals surface area contributed by atoms with E-state index in [1.54, 1.807) is 4.68 Å². The Labute approximate surface area is 136 Å². The molecule has 10 heteroatoms. The van der Waals surface area contributed by atoms with Crippen LogP contribution in [0.25, 0.3) is 0 Å². The summed E-state index contributed by atoms with van der Waals surface area (Å²) in [7, 11) is -4.14. The molecule has 2 aromatic rings. The monoisotopic (exact) mass is 361 g/mol. The average molecular weight is 361 g/mol. The quantitative estimate of drug-likeness (QED) is 0.909. The first-order chi connectivity index (χ1) is 11.3. The van der Waals surface area contributed by atoms with Crippen molar-refractivity contribution in [1.29, 1.82) is 0 Å². The molecule has 2 heterocycles. The Morgan fingerprint density at radius 1 is 1.33 bits per heavy atom. The molecule has 6 nitrogen and oxygen atoms in total. The highest BCUT2D eigenvalue weighted by atomic mass is 32.2. The predicted molar refractivity (Wildman–Crippen MR) is 79.0 cm³/mol. The Bertz CT molecular complexity index is 827. The number of ether oxygens (including phenoxy) is 1. The third-order valence-electron chi connectivity index (χ3n) is 3.61. The minimum Gasteiger partial charge on any atom is -0.379 e. The van der Waals surface area contributed by atoms with E-state index in [-0.39, 0.29) is 11.7 Å².